The molecule has 1 N–H and O–H groups in total. The second-order valence-electron chi connectivity index (χ2n) is 5.38. The zero-order valence-electron chi connectivity index (χ0n) is 12.5. The maximum Gasteiger partial charge on any atom is 0.253 e. The fourth-order valence-electron chi connectivity index (χ4n) is 2.88. The molecule has 0 saturated carbocycles. The number of rotatable bonds is 3. The highest BCUT2D eigenvalue weighted by molar-refractivity contribution is 5.95. The van der Waals surface area contributed by atoms with Gasteiger partial charge in [-0.05, 0) is 49.1 Å². The number of aromatic nitrogens is 1. The average molecular weight is 300 g/mol. The summed E-state index contributed by atoms with van der Waals surface area (Å²) in [4.78, 5) is 16.5. The van der Waals surface area contributed by atoms with Gasteiger partial charge in [0.05, 0.1) is 18.7 Å². The number of fused-ring (bicyclic) bond motifs is 1. The van der Waals surface area contributed by atoms with Gasteiger partial charge < -0.3 is 10.1 Å². The molecule has 1 aromatic heterocycles. The number of hydrogen-bond donors (Lipinski definition) is 1. The van der Waals surface area contributed by atoms with Crippen LogP contribution in [0, 0.1) is 12.7 Å². The molecule has 1 aromatic carbocycles. The van der Waals surface area contributed by atoms with Crippen LogP contribution in [0.15, 0.2) is 30.5 Å². The molecule has 3 rings (SSSR count). The summed E-state index contributed by atoms with van der Waals surface area (Å²) in [6, 6.07) is 6.44. The molecule has 1 aliphatic rings. The maximum absolute atomic E-state index is 14.0. The van der Waals surface area contributed by atoms with Gasteiger partial charge in [-0.1, -0.05) is 0 Å². The minimum absolute atomic E-state index is 0.188. The SMILES string of the molecule is COc1cc(F)c2c(c1)[C@H](NC(=O)c1cccnc1C)CC2. The van der Waals surface area contributed by atoms with E-state index >= 15 is 0 Å². The number of nitrogens with zero attached hydrogens (tertiary/aromatic N) is 1. The molecule has 2 aromatic rings. The highest BCUT2D eigenvalue weighted by Gasteiger charge is 2.28. The normalized spacial score (nSPS) is 16.2. The number of carbonyl (C=O) groups excluding carboxylic acids is 1. The lowest BCUT2D eigenvalue weighted by molar-refractivity contribution is 0.0935. The molecule has 0 bridgehead atoms. The lowest BCUT2D eigenvalue weighted by atomic mass is 10.1. The average Bonchev–Trinajstić information content (AvgIpc) is 2.91. The van der Waals surface area contributed by atoms with E-state index in [2.05, 4.69) is 10.3 Å². The Hall–Kier alpha value is -2.43. The number of benzene rings is 1. The first kappa shape index (κ1) is 14.5. The molecular weight excluding hydrogens is 283 g/mol. The molecule has 0 spiro atoms. The molecule has 0 unspecified atom stereocenters. The van der Waals surface area contributed by atoms with Crippen molar-refractivity contribution in [3.63, 3.8) is 0 Å². The van der Waals surface area contributed by atoms with Gasteiger partial charge >= 0.3 is 0 Å². The van der Waals surface area contributed by atoms with E-state index in [0.717, 1.165) is 5.56 Å². The molecule has 1 atom stereocenters. The van der Waals surface area contributed by atoms with Crippen LogP contribution in [0.2, 0.25) is 0 Å². The van der Waals surface area contributed by atoms with Gasteiger partial charge in [0.1, 0.15) is 11.6 Å². The first-order chi connectivity index (χ1) is 10.6. The molecule has 114 valence electrons. The zero-order chi connectivity index (χ0) is 15.7. The van der Waals surface area contributed by atoms with E-state index in [9.17, 15) is 9.18 Å². The van der Waals surface area contributed by atoms with Gasteiger partial charge in [-0.15, -0.1) is 0 Å². The third kappa shape index (κ3) is 2.54. The molecule has 1 heterocycles. The van der Waals surface area contributed by atoms with Crippen LogP contribution in [0.1, 0.15) is 39.6 Å². The number of nitrogens with one attached hydrogen (secondary N) is 1. The number of pyridine rings is 1. The van der Waals surface area contributed by atoms with Crippen LogP contribution in [0.4, 0.5) is 4.39 Å². The van der Waals surface area contributed by atoms with E-state index in [1.54, 1.807) is 31.3 Å². The van der Waals surface area contributed by atoms with Gasteiger partial charge in [0, 0.05) is 18.0 Å². The van der Waals surface area contributed by atoms with Crippen LogP contribution >= 0.6 is 0 Å². The number of ether oxygens (including phenoxy) is 1. The number of aryl methyl sites for hydroxylation is 1. The monoisotopic (exact) mass is 300 g/mol. The van der Waals surface area contributed by atoms with E-state index in [0.29, 0.717) is 35.4 Å². The molecule has 4 nitrogen and oxygen atoms in total. The van der Waals surface area contributed by atoms with Crippen molar-refractivity contribution in [1.82, 2.24) is 10.3 Å². The van der Waals surface area contributed by atoms with E-state index in [1.807, 2.05) is 0 Å². The molecule has 1 amide bonds. The number of amides is 1. The fraction of sp³-hybridized carbons (Fsp3) is 0.294. The third-order valence-electron chi connectivity index (χ3n) is 4.05. The Morgan fingerprint density at radius 2 is 2.27 bits per heavy atom. The Bertz CT molecular complexity index is 731. The van der Waals surface area contributed by atoms with Gasteiger partial charge in [-0.3, -0.25) is 9.78 Å². The molecule has 0 saturated heterocycles. The summed E-state index contributed by atoms with van der Waals surface area (Å²) in [7, 11) is 1.50. The van der Waals surface area contributed by atoms with Crippen LogP contribution < -0.4 is 10.1 Å². The predicted octanol–water partition coefficient (Wildman–Crippen LogP) is 2.96. The van der Waals surface area contributed by atoms with E-state index in [1.165, 1.54) is 13.2 Å². The minimum atomic E-state index is -0.274. The van der Waals surface area contributed by atoms with Crippen molar-refractivity contribution < 1.29 is 13.9 Å². The number of carbonyl (C=O) groups is 1. The van der Waals surface area contributed by atoms with Gasteiger partial charge in [0.2, 0.25) is 0 Å². The van der Waals surface area contributed by atoms with Gasteiger partial charge in [-0.2, -0.15) is 0 Å². The van der Waals surface area contributed by atoms with E-state index in [4.69, 9.17) is 4.74 Å². The quantitative estimate of drug-likeness (QED) is 0.948. The second kappa shape index (κ2) is 5.75. The zero-order valence-corrected chi connectivity index (χ0v) is 12.5. The molecule has 0 fully saturated rings. The Balaban J connectivity index is 1.86. The Labute approximate surface area is 128 Å². The maximum atomic E-state index is 14.0. The minimum Gasteiger partial charge on any atom is -0.497 e. The van der Waals surface area contributed by atoms with Crippen molar-refractivity contribution in [3.8, 4) is 5.75 Å². The first-order valence-electron chi connectivity index (χ1n) is 7.19. The highest BCUT2D eigenvalue weighted by Crippen LogP contribution is 2.36. The third-order valence-corrected chi connectivity index (χ3v) is 4.05. The van der Waals surface area contributed by atoms with Crippen LogP contribution in [-0.2, 0) is 6.42 Å². The van der Waals surface area contributed by atoms with Crippen molar-refractivity contribution in [1.29, 1.82) is 0 Å². The molecular formula is C17H17FN2O2. The largest absolute Gasteiger partial charge is 0.497 e. The van der Waals surface area contributed by atoms with Crippen molar-refractivity contribution in [2.24, 2.45) is 0 Å². The summed E-state index contributed by atoms with van der Waals surface area (Å²) in [6.07, 6.45) is 2.95. The number of hydrogen-bond acceptors (Lipinski definition) is 3. The highest BCUT2D eigenvalue weighted by atomic mass is 19.1. The standard InChI is InChI=1S/C17H17FN2O2/c1-10-12(4-3-7-19-10)17(21)20-16-6-5-13-14(16)8-11(22-2)9-15(13)18/h3-4,7-9,16H,5-6H2,1-2H3,(H,20,21)/t16-/m1/s1. The van der Waals surface area contributed by atoms with Crippen LogP contribution in [0.5, 0.6) is 5.75 Å². The lowest BCUT2D eigenvalue weighted by Gasteiger charge is -2.16. The van der Waals surface area contributed by atoms with Gasteiger partial charge in [0.25, 0.3) is 5.91 Å². The number of halogens is 1. The topological polar surface area (TPSA) is 51.2 Å². The van der Waals surface area contributed by atoms with Crippen molar-refractivity contribution >= 4 is 5.91 Å². The van der Waals surface area contributed by atoms with Crippen LogP contribution in [-0.4, -0.2) is 18.0 Å². The summed E-state index contributed by atoms with van der Waals surface area (Å²) in [6.45, 7) is 1.79. The summed E-state index contributed by atoms with van der Waals surface area (Å²) in [5, 5.41) is 2.97. The van der Waals surface area contributed by atoms with Crippen molar-refractivity contribution in [2.45, 2.75) is 25.8 Å². The number of methoxy groups -OCH3 is 1. The van der Waals surface area contributed by atoms with Crippen LogP contribution in [0.3, 0.4) is 0 Å². The Morgan fingerprint density at radius 3 is 3.00 bits per heavy atom. The summed E-state index contributed by atoms with van der Waals surface area (Å²) in [5.41, 5.74) is 2.68. The van der Waals surface area contributed by atoms with Crippen LogP contribution in [0.25, 0.3) is 0 Å². The first-order valence-corrected chi connectivity index (χ1v) is 7.19. The summed E-state index contributed by atoms with van der Waals surface area (Å²) >= 11 is 0. The predicted molar refractivity (Wildman–Crippen MR) is 80.5 cm³/mol. The molecule has 22 heavy (non-hydrogen) atoms. The fourth-order valence-corrected chi connectivity index (χ4v) is 2.88. The molecule has 0 aliphatic heterocycles. The molecule has 0 radical (unpaired) electrons. The lowest BCUT2D eigenvalue weighted by Crippen LogP contribution is -2.28. The second-order valence-corrected chi connectivity index (χ2v) is 5.38. The van der Waals surface area contributed by atoms with E-state index < -0.39 is 0 Å². The summed E-state index contributed by atoms with van der Waals surface area (Å²) < 4.78 is 19.1. The molecule has 5 heteroatoms. The Kier molecular flexibility index (Phi) is 3.79. The van der Waals surface area contributed by atoms with Gasteiger partial charge in [0.15, 0.2) is 0 Å². The van der Waals surface area contributed by atoms with E-state index in [-0.39, 0.29) is 17.8 Å². The Morgan fingerprint density at radius 1 is 1.45 bits per heavy atom. The van der Waals surface area contributed by atoms with Crippen molar-refractivity contribution in [2.75, 3.05) is 7.11 Å². The summed E-state index contributed by atoms with van der Waals surface area (Å²) in [5.74, 6) is 0.00490. The van der Waals surface area contributed by atoms with Gasteiger partial charge in [-0.25, -0.2) is 4.39 Å². The smallest absolute Gasteiger partial charge is 0.253 e. The van der Waals surface area contributed by atoms with Crippen molar-refractivity contribution in [3.05, 3.63) is 58.7 Å². The molecule has 1 aliphatic carbocycles.